The van der Waals surface area contributed by atoms with Crippen LogP contribution >= 0.6 is 0 Å². The Morgan fingerprint density at radius 3 is 2.67 bits per heavy atom. The van der Waals surface area contributed by atoms with Crippen molar-refractivity contribution < 1.29 is 32.2 Å². The van der Waals surface area contributed by atoms with Gasteiger partial charge in [0.1, 0.15) is 6.10 Å². The maximum absolute atomic E-state index is 12.5. The number of likely N-dealkylation sites (tertiary alicyclic amines) is 1. The third-order valence-electron chi connectivity index (χ3n) is 4.58. The summed E-state index contributed by atoms with van der Waals surface area (Å²) in [5, 5.41) is 0. The zero-order valence-corrected chi connectivity index (χ0v) is 14.9. The molecule has 0 unspecified atom stereocenters. The number of aromatic nitrogens is 1. The Morgan fingerprint density at radius 1 is 1.26 bits per heavy atom. The number of ether oxygens (including phenoxy) is 2. The molecule has 2 heterocycles. The van der Waals surface area contributed by atoms with Gasteiger partial charge in [-0.25, -0.2) is 9.78 Å². The normalized spacial score (nSPS) is 23.0. The van der Waals surface area contributed by atoms with Gasteiger partial charge in [0.25, 0.3) is 0 Å². The molecule has 1 aromatic rings. The summed E-state index contributed by atoms with van der Waals surface area (Å²) in [6.07, 6.45) is 0.416. The predicted molar refractivity (Wildman–Crippen MR) is 87.8 cm³/mol. The number of amides is 1. The van der Waals surface area contributed by atoms with Gasteiger partial charge in [-0.2, -0.15) is 13.2 Å². The molecule has 0 spiro atoms. The number of rotatable bonds is 4. The molecule has 6 nitrogen and oxygen atoms in total. The van der Waals surface area contributed by atoms with Crippen LogP contribution in [0.5, 0.6) is 5.88 Å². The van der Waals surface area contributed by atoms with Crippen molar-refractivity contribution in [2.75, 3.05) is 13.2 Å². The first-order chi connectivity index (χ1) is 12.7. The van der Waals surface area contributed by atoms with Gasteiger partial charge >= 0.3 is 18.1 Å². The molecular formula is C18H21F3N2O4. The summed E-state index contributed by atoms with van der Waals surface area (Å²) >= 11 is 0. The van der Waals surface area contributed by atoms with E-state index in [0.717, 1.165) is 24.8 Å². The molecule has 1 aromatic heterocycles. The highest BCUT2D eigenvalue weighted by molar-refractivity contribution is 6.32. The lowest BCUT2D eigenvalue weighted by molar-refractivity contribution is -0.190. The van der Waals surface area contributed by atoms with E-state index in [1.807, 2.05) is 6.92 Å². The van der Waals surface area contributed by atoms with E-state index in [-0.39, 0.29) is 18.6 Å². The molecule has 0 bridgehead atoms. The van der Waals surface area contributed by atoms with E-state index in [1.54, 1.807) is 18.3 Å². The van der Waals surface area contributed by atoms with Crippen molar-refractivity contribution in [2.24, 2.45) is 5.92 Å². The van der Waals surface area contributed by atoms with Gasteiger partial charge in [-0.05, 0) is 43.2 Å². The molecule has 2 fully saturated rings. The van der Waals surface area contributed by atoms with Crippen molar-refractivity contribution >= 4 is 11.9 Å². The molecule has 0 radical (unpaired) electrons. The van der Waals surface area contributed by atoms with Crippen LogP contribution in [0, 0.1) is 5.92 Å². The highest BCUT2D eigenvalue weighted by atomic mass is 19.4. The number of pyridine rings is 1. The largest absolute Gasteiger partial charge is 0.474 e. The Labute approximate surface area is 154 Å². The molecule has 0 aromatic carbocycles. The Bertz CT molecular complexity index is 706. The first-order valence-electron chi connectivity index (χ1n) is 8.90. The second-order valence-electron chi connectivity index (χ2n) is 7.09. The number of halogens is 3. The molecule has 148 valence electrons. The van der Waals surface area contributed by atoms with Crippen molar-refractivity contribution in [3.8, 4) is 5.88 Å². The highest BCUT2D eigenvalue weighted by Gasteiger charge is 2.37. The molecule has 27 heavy (non-hydrogen) atoms. The first kappa shape index (κ1) is 19.4. The highest BCUT2D eigenvalue weighted by Crippen LogP contribution is 2.35. The summed E-state index contributed by atoms with van der Waals surface area (Å²) in [5.74, 6) is -1.97. The van der Waals surface area contributed by atoms with Crippen LogP contribution in [0.4, 0.5) is 13.2 Å². The summed E-state index contributed by atoms with van der Waals surface area (Å²) in [7, 11) is 0. The number of alkyl halides is 3. The van der Waals surface area contributed by atoms with Crippen LogP contribution in [-0.2, 0) is 14.3 Å². The fraction of sp³-hybridized carbons (Fsp3) is 0.611. The van der Waals surface area contributed by atoms with Crippen molar-refractivity contribution in [3.63, 3.8) is 0 Å². The van der Waals surface area contributed by atoms with E-state index >= 15 is 0 Å². The smallest absolute Gasteiger partial charge is 0.422 e. The third kappa shape index (κ3) is 5.33. The lowest BCUT2D eigenvalue weighted by atomic mass is 9.90. The minimum Gasteiger partial charge on any atom is -0.474 e. The molecular weight excluding hydrogens is 365 g/mol. The number of nitrogens with zero attached hydrogens (tertiary/aromatic N) is 2. The second-order valence-corrected chi connectivity index (χ2v) is 7.09. The van der Waals surface area contributed by atoms with E-state index in [2.05, 4.69) is 9.72 Å². The molecule has 1 aliphatic carbocycles. The lowest BCUT2D eigenvalue weighted by Gasteiger charge is -2.38. The maximum Gasteiger partial charge on any atom is 0.422 e. The van der Waals surface area contributed by atoms with Gasteiger partial charge in [-0.3, -0.25) is 4.79 Å². The van der Waals surface area contributed by atoms with Crippen LogP contribution in [0.3, 0.4) is 0 Å². The standard InChI is InChI=1S/C18H21F3N2O4/c1-11-2-5-14(12-6-7-22-15(8-12)27-13-3-4-13)23(9-11)16(24)17(25)26-10-18(19,20)21/h6-8,11,13-14H,2-5,9-10H2,1H3/t11-,14+/m0/s1. The molecule has 1 saturated carbocycles. The van der Waals surface area contributed by atoms with Gasteiger partial charge in [-0.15, -0.1) is 0 Å². The Balaban J connectivity index is 1.74. The molecule has 1 amide bonds. The number of carbonyl (C=O) groups is 2. The fourth-order valence-corrected chi connectivity index (χ4v) is 3.10. The Hall–Kier alpha value is -2.32. The third-order valence-corrected chi connectivity index (χ3v) is 4.58. The van der Waals surface area contributed by atoms with Crippen LogP contribution < -0.4 is 4.74 Å². The maximum atomic E-state index is 12.5. The van der Waals surface area contributed by atoms with Crippen LogP contribution in [0.25, 0.3) is 0 Å². The van der Waals surface area contributed by atoms with Crippen molar-refractivity contribution in [2.45, 2.75) is 50.9 Å². The van der Waals surface area contributed by atoms with Crippen LogP contribution in [-0.4, -0.2) is 47.2 Å². The Kier molecular flexibility index (Phi) is 5.57. The Morgan fingerprint density at radius 2 is 2.00 bits per heavy atom. The van der Waals surface area contributed by atoms with Gasteiger partial charge in [0.2, 0.25) is 5.88 Å². The van der Waals surface area contributed by atoms with E-state index in [4.69, 9.17) is 4.74 Å². The minimum absolute atomic E-state index is 0.129. The zero-order valence-electron chi connectivity index (χ0n) is 14.9. The van der Waals surface area contributed by atoms with Gasteiger partial charge in [0.15, 0.2) is 6.61 Å². The molecule has 9 heteroatoms. The number of carbonyl (C=O) groups excluding carboxylic acids is 2. The topological polar surface area (TPSA) is 68.7 Å². The van der Waals surface area contributed by atoms with Crippen LogP contribution in [0.1, 0.15) is 44.2 Å². The van der Waals surface area contributed by atoms with Crippen molar-refractivity contribution in [3.05, 3.63) is 23.9 Å². The molecule has 1 aliphatic heterocycles. The molecule has 2 atom stereocenters. The second kappa shape index (κ2) is 7.74. The predicted octanol–water partition coefficient (Wildman–Crippen LogP) is 3.03. The summed E-state index contributed by atoms with van der Waals surface area (Å²) in [5.41, 5.74) is 0.740. The summed E-state index contributed by atoms with van der Waals surface area (Å²) < 4.78 is 46.6. The molecule has 2 aliphatic rings. The first-order valence-corrected chi connectivity index (χ1v) is 8.90. The lowest BCUT2D eigenvalue weighted by Crippen LogP contribution is -2.45. The summed E-state index contributed by atoms with van der Waals surface area (Å²) in [6, 6.07) is 3.01. The quantitative estimate of drug-likeness (QED) is 0.588. The number of hydrogen-bond acceptors (Lipinski definition) is 5. The molecule has 0 N–H and O–H groups in total. The number of piperidine rings is 1. The summed E-state index contributed by atoms with van der Waals surface area (Å²) in [6.45, 7) is 0.414. The monoisotopic (exact) mass is 386 g/mol. The van der Waals surface area contributed by atoms with E-state index in [0.29, 0.717) is 12.3 Å². The summed E-state index contributed by atoms with van der Waals surface area (Å²) in [4.78, 5) is 29.7. The van der Waals surface area contributed by atoms with Gasteiger partial charge in [0.05, 0.1) is 6.04 Å². The van der Waals surface area contributed by atoms with Gasteiger partial charge < -0.3 is 14.4 Å². The minimum atomic E-state index is -4.68. The van der Waals surface area contributed by atoms with Gasteiger partial charge in [-0.1, -0.05) is 6.92 Å². The van der Waals surface area contributed by atoms with Gasteiger partial charge in [0, 0.05) is 18.8 Å². The van der Waals surface area contributed by atoms with Crippen LogP contribution in [0.2, 0.25) is 0 Å². The fourth-order valence-electron chi connectivity index (χ4n) is 3.10. The van der Waals surface area contributed by atoms with Crippen molar-refractivity contribution in [1.82, 2.24) is 9.88 Å². The number of hydrogen-bond donors (Lipinski definition) is 0. The van der Waals surface area contributed by atoms with E-state index in [9.17, 15) is 22.8 Å². The van der Waals surface area contributed by atoms with E-state index < -0.39 is 30.7 Å². The molecule has 3 rings (SSSR count). The van der Waals surface area contributed by atoms with E-state index in [1.165, 1.54) is 4.90 Å². The number of esters is 1. The van der Waals surface area contributed by atoms with Crippen molar-refractivity contribution in [1.29, 1.82) is 0 Å². The molecule has 1 saturated heterocycles. The SMILES string of the molecule is C[C@H]1CC[C@H](c2ccnc(OC3CC3)c2)N(C(=O)C(=O)OCC(F)(F)F)C1. The zero-order chi connectivity index (χ0) is 19.6. The van der Waals surface area contributed by atoms with Crippen LogP contribution in [0.15, 0.2) is 18.3 Å². The average Bonchev–Trinajstić information content (AvgIpc) is 3.42. The average molecular weight is 386 g/mol.